The molecular formula is C20H33NO3. The molecule has 136 valence electrons. The normalized spacial score (nSPS) is 21.5. The van der Waals surface area contributed by atoms with Gasteiger partial charge >= 0.3 is 0 Å². The number of nitrogens with zero attached hydrogens (tertiary/aromatic N) is 1. The highest BCUT2D eigenvalue weighted by Crippen LogP contribution is 2.34. The standard InChI is InChI=1S/C9H15NO.C9H12O2.C2H6/c1-10-5-4-7-2-3-8(11)6-9(7)10;1-7-5-4-6-8(10-2)9(7)11-3;1-2/h6-8,11H,2-5H2,1H3;4-6H,1-3H3;1-2H3. The molecule has 2 aliphatic rings. The minimum Gasteiger partial charge on any atom is -0.493 e. The Hall–Kier alpha value is -1.68. The van der Waals surface area contributed by atoms with Gasteiger partial charge < -0.3 is 19.5 Å². The van der Waals surface area contributed by atoms with Gasteiger partial charge in [-0.1, -0.05) is 26.0 Å². The number of aryl methyl sites for hydroxylation is 1. The quantitative estimate of drug-likeness (QED) is 0.886. The molecule has 0 saturated carbocycles. The van der Waals surface area contributed by atoms with Crippen molar-refractivity contribution in [2.45, 2.75) is 46.1 Å². The number of likely N-dealkylation sites (tertiary alicyclic amines) is 1. The molecule has 1 aliphatic carbocycles. The molecule has 24 heavy (non-hydrogen) atoms. The fraction of sp³-hybridized carbons (Fsp3) is 0.600. The first-order valence-electron chi connectivity index (χ1n) is 8.85. The predicted octanol–water partition coefficient (Wildman–Crippen LogP) is 4.02. The van der Waals surface area contributed by atoms with E-state index >= 15 is 0 Å². The first-order valence-corrected chi connectivity index (χ1v) is 8.85. The fourth-order valence-electron chi connectivity index (χ4n) is 3.19. The lowest BCUT2D eigenvalue weighted by Gasteiger charge is -2.24. The summed E-state index contributed by atoms with van der Waals surface area (Å²) in [6.45, 7) is 7.16. The van der Waals surface area contributed by atoms with Crippen LogP contribution < -0.4 is 9.47 Å². The van der Waals surface area contributed by atoms with Crippen LogP contribution in [0.15, 0.2) is 30.0 Å². The Labute approximate surface area is 147 Å². The second kappa shape index (κ2) is 10.2. The van der Waals surface area contributed by atoms with Gasteiger partial charge in [0.25, 0.3) is 0 Å². The summed E-state index contributed by atoms with van der Waals surface area (Å²) in [5.41, 5.74) is 2.47. The summed E-state index contributed by atoms with van der Waals surface area (Å²) in [5.74, 6) is 2.35. The predicted molar refractivity (Wildman–Crippen MR) is 99.7 cm³/mol. The lowest BCUT2D eigenvalue weighted by atomic mass is 9.91. The Bertz CT molecular complexity index is 528. The number of aliphatic hydroxyl groups is 1. The van der Waals surface area contributed by atoms with Crippen LogP contribution in [0.3, 0.4) is 0 Å². The van der Waals surface area contributed by atoms with Gasteiger partial charge in [0.1, 0.15) is 0 Å². The van der Waals surface area contributed by atoms with Crippen LogP contribution in [-0.4, -0.2) is 43.9 Å². The lowest BCUT2D eigenvalue weighted by molar-refractivity contribution is 0.189. The second-order valence-electron chi connectivity index (χ2n) is 5.95. The van der Waals surface area contributed by atoms with E-state index in [4.69, 9.17) is 9.47 Å². The number of benzene rings is 1. The molecule has 1 N–H and O–H groups in total. The van der Waals surface area contributed by atoms with Gasteiger partial charge in [0.15, 0.2) is 11.5 Å². The van der Waals surface area contributed by atoms with Crippen molar-refractivity contribution in [3.05, 3.63) is 35.5 Å². The SMILES string of the molecule is CC.CN1CCC2CCC(O)C=C21.COc1cccc(C)c1OC. The molecule has 1 aromatic carbocycles. The van der Waals surface area contributed by atoms with E-state index in [9.17, 15) is 5.11 Å². The maximum absolute atomic E-state index is 9.37. The van der Waals surface area contributed by atoms with Gasteiger partial charge in [0, 0.05) is 25.2 Å². The minimum absolute atomic E-state index is 0.179. The van der Waals surface area contributed by atoms with Gasteiger partial charge in [-0.15, -0.1) is 0 Å². The third kappa shape index (κ3) is 5.17. The summed E-state index contributed by atoms with van der Waals surface area (Å²) in [6.07, 6.45) is 5.28. The Morgan fingerprint density at radius 1 is 1.08 bits per heavy atom. The lowest BCUT2D eigenvalue weighted by Crippen LogP contribution is -2.20. The van der Waals surface area contributed by atoms with Crippen molar-refractivity contribution in [1.29, 1.82) is 0 Å². The van der Waals surface area contributed by atoms with Gasteiger partial charge in [-0.05, 0) is 43.9 Å². The summed E-state index contributed by atoms with van der Waals surface area (Å²) < 4.78 is 10.2. The Morgan fingerprint density at radius 2 is 1.79 bits per heavy atom. The number of allylic oxidation sites excluding steroid dienone is 1. The van der Waals surface area contributed by atoms with Crippen LogP contribution in [0.5, 0.6) is 11.5 Å². The van der Waals surface area contributed by atoms with Crippen LogP contribution >= 0.6 is 0 Å². The maximum Gasteiger partial charge on any atom is 0.163 e. The molecular weight excluding hydrogens is 302 g/mol. The van der Waals surface area contributed by atoms with E-state index < -0.39 is 0 Å². The summed E-state index contributed by atoms with van der Waals surface area (Å²) >= 11 is 0. The zero-order valence-electron chi connectivity index (χ0n) is 16.0. The van der Waals surface area contributed by atoms with Crippen LogP contribution in [0, 0.1) is 12.8 Å². The van der Waals surface area contributed by atoms with Crippen molar-refractivity contribution in [1.82, 2.24) is 4.90 Å². The van der Waals surface area contributed by atoms with E-state index in [0.717, 1.165) is 29.4 Å². The average molecular weight is 335 g/mol. The second-order valence-corrected chi connectivity index (χ2v) is 5.95. The molecule has 4 nitrogen and oxygen atoms in total. The highest BCUT2D eigenvalue weighted by Gasteiger charge is 2.29. The fourth-order valence-corrected chi connectivity index (χ4v) is 3.19. The zero-order chi connectivity index (χ0) is 18.1. The highest BCUT2D eigenvalue weighted by molar-refractivity contribution is 5.45. The average Bonchev–Trinajstić information content (AvgIpc) is 2.97. The number of para-hydroxylation sites is 1. The minimum atomic E-state index is -0.179. The van der Waals surface area contributed by atoms with Gasteiger partial charge in [-0.25, -0.2) is 0 Å². The molecule has 0 amide bonds. The van der Waals surface area contributed by atoms with Crippen molar-refractivity contribution in [2.24, 2.45) is 5.92 Å². The molecule has 2 atom stereocenters. The van der Waals surface area contributed by atoms with Crippen LogP contribution in [-0.2, 0) is 0 Å². The molecule has 1 aliphatic heterocycles. The van der Waals surface area contributed by atoms with E-state index in [1.807, 2.05) is 45.0 Å². The van der Waals surface area contributed by atoms with Crippen LogP contribution in [0.2, 0.25) is 0 Å². The first-order chi connectivity index (χ1) is 11.6. The molecule has 0 radical (unpaired) electrons. The molecule has 3 rings (SSSR count). The van der Waals surface area contributed by atoms with Gasteiger partial charge in [0.05, 0.1) is 20.3 Å². The van der Waals surface area contributed by atoms with E-state index in [2.05, 4.69) is 11.9 Å². The van der Waals surface area contributed by atoms with Crippen LogP contribution in [0.25, 0.3) is 0 Å². The van der Waals surface area contributed by atoms with Crippen molar-refractivity contribution in [2.75, 3.05) is 27.8 Å². The molecule has 2 unspecified atom stereocenters. The van der Waals surface area contributed by atoms with Crippen LogP contribution in [0.4, 0.5) is 0 Å². The summed E-state index contributed by atoms with van der Waals surface area (Å²) in [7, 11) is 5.39. The Morgan fingerprint density at radius 3 is 2.38 bits per heavy atom. The number of fused-ring (bicyclic) bond motifs is 1. The van der Waals surface area contributed by atoms with Crippen molar-refractivity contribution >= 4 is 0 Å². The molecule has 1 aromatic rings. The number of hydrogen-bond donors (Lipinski definition) is 1. The molecule has 4 heteroatoms. The topological polar surface area (TPSA) is 41.9 Å². The van der Waals surface area contributed by atoms with E-state index in [0.29, 0.717) is 0 Å². The number of hydrogen-bond acceptors (Lipinski definition) is 4. The molecule has 1 fully saturated rings. The van der Waals surface area contributed by atoms with E-state index in [-0.39, 0.29) is 6.10 Å². The van der Waals surface area contributed by atoms with Gasteiger partial charge in [-0.3, -0.25) is 0 Å². The first kappa shape index (κ1) is 20.4. The summed E-state index contributed by atoms with van der Waals surface area (Å²) in [4.78, 5) is 2.27. The van der Waals surface area contributed by atoms with E-state index in [1.165, 1.54) is 25.1 Å². The van der Waals surface area contributed by atoms with E-state index in [1.54, 1.807) is 14.2 Å². The third-order valence-electron chi connectivity index (χ3n) is 4.45. The maximum atomic E-state index is 9.37. The number of rotatable bonds is 2. The summed E-state index contributed by atoms with van der Waals surface area (Å²) in [6, 6.07) is 5.81. The van der Waals surface area contributed by atoms with Crippen LogP contribution in [0.1, 0.15) is 38.7 Å². The number of methoxy groups -OCH3 is 2. The third-order valence-corrected chi connectivity index (χ3v) is 4.45. The van der Waals surface area contributed by atoms with Crippen molar-refractivity contribution in [3.8, 4) is 11.5 Å². The zero-order valence-corrected chi connectivity index (χ0v) is 16.0. The largest absolute Gasteiger partial charge is 0.493 e. The number of aliphatic hydroxyl groups excluding tert-OH is 1. The number of ether oxygens (including phenoxy) is 2. The monoisotopic (exact) mass is 335 g/mol. The van der Waals surface area contributed by atoms with Crippen molar-refractivity contribution in [3.63, 3.8) is 0 Å². The molecule has 0 aromatic heterocycles. The smallest absolute Gasteiger partial charge is 0.163 e. The molecule has 1 saturated heterocycles. The molecule has 0 spiro atoms. The molecule has 0 bridgehead atoms. The van der Waals surface area contributed by atoms with Gasteiger partial charge in [0.2, 0.25) is 0 Å². The Kier molecular flexibility index (Phi) is 8.69. The van der Waals surface area contributed by atoms with Crippen molar-refractivity contribution < 1.29 is 14.6 Å². The molecule has 1 heterocycles. The summed E-state index contributed by atoms with van der Waals surface area (Å²) in [5, 5.41) is 9.37. The van der Waals surface area contributed by atoms with Gasteiger partial charge in [-0.2, -0.15) is 0 Å². The Balaban J connectivity index is 0.000000218. The highest BCUT2D eigenvalue weighted by atomic mass is 16.5.